The predicted molar refractivity (Wildman–Crippen MR) is 154 cm³/mol. The summed E-state index contributed by atoms with van der Waals surface area (Å²) in [7, 11) is 6.59. The highest BCUT2D eigenvalue weighted by Gasteiger charge is 2.46. The molecule has 3 rings (SSSR count). The molecule has 2 heterocycles. The van der Waals surface area contributed by atoms with Crippen LogP contribution in [0.25, 0.3) is 0 Å². The molecule has 0 unspecified atom stereocenters. The van der Waals surface area contributed by atoms with Gasteiger partial charge in [-0.1, -0.05) is 38.1 Å². The monoisotopic (exact) mass is 542 g/mol. The third-order valence-corrected chi connectivity index (χ3v) is 6.16. The minimum Gasteiger partial charge on any atom is -0.479 e. The second-order valence-electron chi connectivity index (χ2n) is 9.74. The number of benzene rings is 1. The van der Waals surface area contributed by atoms with E-state index in [1.54, 1.807) is 42.3 Å². The molecule has 0 radical (unpaired) electrons. The fourth-order valence-corrected chi connectivity index (χ4v) is 4.29. The summed E-state index contributed by atoms with van der Waals surface area (Å²) in [6.45, 7) is 9.45. The van der Waals surface area contributed by atoms with Crippen molar-refractivity contribution in [1.82, 2.24) is 20.2 Å². The van der Waals surface area contributed by atoms with Crippen LogP contribution < -0.4 is 20.3 Å². The van der Waals surface area contributed by atoms with Crippen molar-refractivity contribution in [3.63, 3.8) is 0 Å². The Kier molecular flexibility index (Phi) is 9.06. The summed E-state index contributed by atoms with van der Waals surface area (Å²) < 4.78 is 5.52. The van der Waals surface area contributed by atoms with Gasteiger partial charge in [0.15, 0.2) is 0 Å². The first-order chi connectivity index (χ1) is 18.9. The van der Waals surface area contributed by atoms with Crippen LogP contribution in [0.4, 0.5) is 11.6 Å². The summed E-state index contributed by atoms with van der Waals surface area (Å²) in [6.07, 6.45) is 3.10. The molecule has 1 aliphatic rings. The van der Waals surface area contributed by atoms with Crippen molar-refractivity contribution in [3.8, 4) is 11.9 Å². The number of nitriles is 1. The van der Waals surface area contributed by atoms with Crippen LogP contribution in [0.1, 0.15) is 37.9 Å². The molecule has 1 fully saturated rings. The molecule has 208 valence electrons. The Labute approximate surface area is 234 Å². The van der Waals surface area contributed by atoms with Gasteiger partial charge in [0.05, 0.1) is 31.0 Å². The molecule has 0 bridgehead atoms. The van der Waals surface area contributed by atoms with Gasteiger partial charge in [-0.15, -0.1) is 0 Å². The summed E-state index contributed by atoms with van der Waals surface area (Å²) in [5.74, 6) is -0.611. The Morgan fingerprint density at radius 2 is 1.95 bits per heavy atom. The fraction of sp³-hybridized carbons (Fsp3) is 0.310. The largest absolute Gasteiger partial charge is 0.479 e. The highest BCUT2D eigenvalue weighted by atomic mass is 16.5. The second-order valence-corrected chi connectivity index (χ2v) is 9.74. The summed E-state index contributed by atoms with van der Waals surface area (Å²) in [4.78, 5) is 38.7. The molecule has 1 atom stereocenters. The Morgan fingerprint density at radius 1 is 1.30 bits per heavy atom. The number of hydrogen-bond donors (Lipinski definition) is 3. The lowest BCUT2D eigenvalue weighted by Gasteiger charge is -2.29. The van der Waals surface area contributed by atoms with E-state index in [0.717, 1.165) is 0 Å². The standard InChI is InChI=1S/C29H34N8O3/c1-16(2)13-21(26(38)32-5)37-25(19-11-9-18(14-30)10-12-19)22(23(31)28(37)39)24(17(3)4)34-20-15-33-29(36(6)7)35-27(20)40-8/h9-13,15,17,25,31,34H,1H2,2-8H3,(H,32,38)/b21-13+,24-22+,31-23?/t25-/m0/s1. The molecule has 1 aliphatic heterocycles. The minimum atomic E-state index is -0.853. The molecule has 11 nitrogen and oxygen atoms in total. The number of nitrogens with zero attached hydrogens (tertiary/aromatic N) is 5. The Balaban J connectivity index is 2.33. The average Bonchev–Trinajstić information content (AvgIpc) is 3.19. The van der Waals surface area contributed by atoms with Crippen molar-refractivity contribution in [2.45, 2.75) is 26.8 Å². The molecule has 3 N–H and O–H groups in total. The topological polar surface area (TPSA) is 147 Å². The van der Waals surface area contributed by atoms with Gasteiger partial charge in [0.2, 0.25) is 11.8 Å². The van der Waals surface area contributed by atoms with Crippen LogP contribution in [0.2, 0.25) is 0 Å². The molecule has 0 spiro atoms. The first kappa shape index (κ1) is 29.6. The maximum absolute atomic E-state index is 13.8. The number of rotatable bonds is 9. The number of likely N-dealkylation sites (tertiary alicyclic amines) is 1. The van der Waals surface area contributed by atoms with Gasteiger partial charge in [0.25, 0.3) is 11.8 Å². The lowest BCUT2D eigenvalue weighted by Crippen LogP contribution is -2.37. The highest BCUT2D eigenvalue weighted by molar-refractivity contribution is 6.47. The van der Waals surface area contributed by atoms with E-state index in [1.807, 2.05) is 27.9 Å². The smallest absolute Gasteiger partial charge is 0.277 e. The average molecular weight is 543 g/mol. The zero-order valence-corrected chi connectivity index (χ0v) is 23.8. The lowest BCUT2D eigenvalue weighted by molar-refractivity contribution is -0.127. The van der Waals surface area contributed by atoms with Crippen LogP contribution in [-0.4, -0.2) is 60.6 Å². The molecule has 2 aromatic rings. The molecule has 1 aromatic heterocycles. The Hall–Kier alpha value is -4.98. The van der Waals surface area contributed by atoms with Crippen molar-refractivity contribution >= 4 is 29.2 Å². The van der Waals surface area contributed by atoms with E-state index in [4.69, 9.17) is 10.1 Å². The SMILES string of the molecule is C=C(C)/C=C(\C(=O)NC)N1C(=O)C(=N)/C(=C(\Nc2cnc(N(C)C)nc2OC)C(C)C)[C@@H]1c1ccc(C#N)cc1. The zero-order chi connectivity index (χ0) is 29.7. The van der Waals surface area contributed by atoms with E-state index < -0.39 is 17.9 Å². The van der Waals surface area contributed by atoms with Crippen molar-refractivity contribution < 1.29 is 14.3 Å². The van der Waals surface area contributed by atoms with Crippen molar-refractivity contribution in [1.29, 1.82) is 10.7 Å². The van der Waals surface area contributed by atoms with Gasteiger partial charge < -0.3 is 20.3 Å². The number of aromatic nitrogens is 2. The van der Waals surface area contributed by atoms with E-state index in [9.17, 15) is 14.9 Å². The minimum absolute atomic E-state index is 0.0495. The van der Waals surface area contributed by atoms with Crippen molar-refractivity contribution in [2.24, 2.45) is 5.92 Å². The van der Waals surface area contributed by atoms with Gasteiger partial charge in [-0.3, -0.25) is 19.9 Å². The predicted octanol–water partition coefficient (Wildman–Crippen LogP) is 3.55. The molecule has 40 heavy (non-hydrogen) atoms. The number of carbonyl (C=O) groups excluding carboxylic acids is 2. The number of anilines is 2. The fourth-order valence-electron chi connectivity index (χ4n) is 4.29. The molecule has 0 saturated carbocycles. The molecular formula is C29H34N8O3. The summed E-state index contributed by atoms with van der Waals surface area (Å²) in [5, 5.41) is 24.2. The number of nitrogens with one attached hydrogen (secondary N) is 3. The number of amides is 2. The number of hydrogen-bond acceptors (Lipinski definition) is 9. The number of allylic oxidation sites excluding steroid dienone is 3. The molecule has 1 saturated heterocycles. The summed E-state index contributed by atoms with van der Waals surface area (Å²) in [6, 6.07) is 7.96. The molecule has 11 heteroatoms. The van der Waals surface area contributed by atoms with E-state index in [2.05, 4.69) is 33.2 Å². The second kappa shape index (κ2) is 12.3. The van der Waals surface area contributed by atoms with Gasteiger partial charge in [-0.05, 0) is 36.6 Å². The van der Waals surface area contributed by atoms with Crippen LogP contribution >= 0.6 is 0 Å². The molecular weight excluding hydrogens is 508 g/mol. The first-order valence-electron chi connectivity index (χ1n) is 12.6. The van der Waals surface area contributed by atoms with Crippen LogP contribution in [0.15, 0.2) is 65.7 Å². The third kappa shape index (κ3) is 5.86. The van der Waals surface area contributed by atoms with Gasteiger partial charge in [-0.2, -0.15) is 10.2 Å². The van der Waals surface area contributed by atoms with Gasteiger partial charge in [0, 0.05) is 32.4 Å². The molecule has 1 aromatic carbocycles. The van der Waals surface area contributed by atoms with Gasteiger partial charge >= 0.3 is 0 Å². The summed E-state index contributed by atoms with van der Waals surface area (Å²) in [5.41, 5.74) is 2.77. The van der Waals surface area contributed by atoms with Crippen LogP contribution in [0, 0.1) is 22.7 Å². The van der Waals surface area contributed by atoms with Crippen molar-refractivity contribution in [2.75, 3.05) is 38.5 Å². The van der Waals surface area contributed by atoms with Crippen LogP contribution in [-0.2, 0) is 9.59 Å². The van der Waals surface area contributed by atoms with E-state index in [1.165, 1.54) is 25.1 Å². The maximum atomic E-state index is 13.8. The van der Waals surface area contributed by atoms with Crippen molar-refractivity contribution in [3.05, 3.63) is 76.8 Å². The molecule has 0 aliphatic carbocycles. The van der Waals surface area contributed by atoms with Crippen LogP contribution in [0.3, 0.4) is 0 Å². The Morgan fingerprint density at radius 3 is 2.45 bits per heavy atom. The van der Waals surface area contributed by atoms with E-state index >= 15 is 0 Å². The number of ether oxygens (including phenoxy) is 1. The summed E-state index contributed by atoms with van der Waals surface area (Å²) >= 11 is 0. The van der Waals surface area contributed by atoms with Gasteiger partial charge in [-0.25, -0.2) is 4.98 Å². The number of methoxy groups -OCH3 is 1. The Bertz CT molecular complexity index is 1450. The maximum Gasteiger partial charge on any atom is 0.277 e. The molecule has 2 amide bonds. The number of likely N-dealkylation sites (N-methyl/N-ethyl adjacent to an activating group) is 1. The third-order valence-electron chi connectivity index (χ3n) is 6.16. The van der Waals surface area contributed by atoms with E-state index in [0.29, 0.717) is 39.6 Å². The zero-order valence-electron chi connectivity index (χ0n) is 23.8. The lowest BCUT2D eigenvalue weighted by atomic mass is 9.92. The quantitative estimate of drug-likeness (QED) is 0.322. The highest BCUT2D eigenvalue weighted by Crippen LogP contribution is 2.42. The van der Waals surface area contributed by atoms with E-state index in [-0.39, 0.29) is 23.2 Å². The van der Waals surface area contributed by atoms with Crippen LogP contribution in [0.5, 0.6) is 5.88 Å². The normalized spacial score (nSPS) is 16.5. The number of carbonyl (C=O) groups is 2. The van der Waals surface area contributed by atoms with Gasteiger partial charge in [0.1, 0.15) is 17.1 Å². The first-order valence-corrected chi connectivity index (χ1v) is 12.6.